The van der Waals surface area contributed by atoms with Gasteiger partial charge in [-0.05, 0) is 35.7 Å². The zero-order chi connectivity index (χ0) is 12.3. The van der Waals surface area contributed by atoms with Crippen molar-refractivity contribution in [3.8, 4) is 0 Å². The Balaban J connectivity index is 2.39. The third-order valence-electron chi connectivity index (χ3n) is 2.50. The Kier molecular flexibility index (Phi) is 4.15. The molecule has 1 atom stereocenters. The summed E-state index contributed by atoms with van der Waals surface area (Å²) in [6.07, 6.45) is 0. The molecule has 0 spiro atoms. The summed E-state index contributed by atoms with van der Waals surface area (Å²) in [5.74, 6) is -0.224. The maximum Gasteiger partial charge on any atom is 0.123 e. The molecule has 0 aliphatic rings. The van der Waals surface area contributed by atoms with Crippen LogP contribution in [-0.4, -0.2) is 6.54 Å². The summed E-state index contributed by atoms with van der Waals surface area (Å²) in [5, 5.41) is 6.00. The van der Waals surface area contributed by atoms with Gasteiger partial charge in [-0.15, -0.1) is 11.3 Å². The van der Waals surface area contributed by atoms with Crippen LogP contribution in [0.15, 0.2) is 35.7 Å². The lowest BCUT2D eigenvalue weighted by Crippen LogP contribution is -2.21. The smallest absolute Gasteiger partial charge is 0.123 e. The average Bonchev–Trinajstić information content (AvgIpc) is 2.72. The van der Waals surface area contributed by atoms with Gasteiger partial charge in [0.25, 0.3) is 0 Å². The molecule has 1 N–H and O–H groups in total. The van der Waals surface area contributed by atoms with Crippen molar-refractivity contribution in [3.05, 3.63) is 57.0 Å². The fraction of sp³-hybridized carbons (Fsp3) is 0.231. The fourth-order valence-electron chi connectivity index (χ4n) is 1.76. The topological polar surface area (TPSA) is 12.0 Å². The van der Waals surface area contributed by atoms with Crippen LogP contribution in [0.1, 0.15) is 23.4 Å². The van der Waals surface area contributed by atoms with E-state index in [1.807, 2.05) is 24.4 Å². The monoisotopic (exact) mass is 269 g/mol. The van der Waals surface area contributed by atoms with Gasteiger partial charge >= 0.3 is 0 Å². The molecule has 1 aromatic heterocycles. The zero-order valence-corrected chi connectivity index (χ0v) is 11.0. The SMILES string of the molecule is CCNC(c1cccc(F)c1)c1sccc1Cl. The first-order valence-corrected chi connectivity index (χ1v) is 6.70. The Morgan fingerprint density at radius 3 is 2.82 bits per heavy atom. The highest BCUT2D eigenvalue weighted by atomic mass is 35.5. The number of nitrogens with one attached hydrogen (secondary N) is 1. The molecule has 0 bridgehead atoms. The van der Waals surface area contributed by atoms with Crippen molar-refractivity contribution < 1.29 is 4.39 Å². The summed E-state index contributed by atoms with van der Waals surface area (Å²) >= 11 is 7.72. The number of rotatable bonds is 4. The minimum absolute atomic E-state index is 0.0387. The fourth-order valence-corrected chi connectivity index (χ4v) is 3.03. The van der Waals surface area contributed by atoms with E-state index in [2.05, 4.69) is 5.32 Å². The van der Waals surface area contributed by atoms with Crippen LogP contribution in [0.5, 0.6) is 0 Å². The summed E-state index contributed by atoms with van der Waals surface area (Å²) in [5.41, 5.74) is 0.899. The zero-order valence-electron chi connectivity index (χ0n) is 9.41. The molecule has 90 valence electrons. The Morgan fingerprint density at radius 1 is 1.41 bits per heavy atom. The molecule has 0 radical (unpaired) electrons. The lowest BCUT2D eigenvalue weighted by molar-refractivity contribution is 0.607. The predicted molar refractivity (Wildman–Crippen MR) is 71.2 cm³/mol. The average molecular weight is 270 g/mol. The Labute approximate surface area is 109 Å². The molecule has 0 aliphatic carbocycles. The van der Waals surface area contributed by atoms with Gasteiger partial charge in [-0.25, -0.2) is 4.39 Å². The molecule has 1 heterocycles. The normalized spacial score (nSPS) is 12.6. The first kappa shape index (κ1) is 12.6. The second-order valence-electron chi connectivity index (χ2n) is 3.68. The van der Waals surface area contributed by atoms with E-state index in [9.17, 15) is 4.39 Å². The Hall–Kier alpha value is -0.900. The molecule has 0 amide bonds. The Morgan fingerprint density at radius 2 is 2.24 bits per heavy atom. The van der Waals surface area contributed by atoms with Gasteiger partial charge in [0.2, 0.25) is 0 Å². The third kappa shape index (κ3) is 2.86. The molecule has 2 rings (SSSR count). The number of benzene rings is 1. The molecule has 1 nitrogen and oxygen atoms in total. The second-order valence-corrected chi connectivity index (χ2v) is 5.03. The van der Waals surface area contributed by atoms with Crippen LogP contribution in [0.4, 0.5) is 4.39 Å². The summed E-state index contributed by atoms with van der Waals surface area (Å²) in [6, 6.07) is 8.45. The maximum atomic E-state index is 13.3. The van der Waals surface area contributed by atoms with E-state index in [0.717, 1.165) is 22.0 Å². The van der Waals surface area contributed by atoms with Crippen molar-refractivity contribution in [2.45, 2.75) is 13.0 Å². The molecule has 0 saturated heterocycles. The first-order valence-electron chi connectivity index (χ1n) is 5.44. The van der Waals surface area contributed by atoms with Crippen molar-refractivity contribution in [3.63, 3.8) is 0 Å². The summed E-state index contributed by atoms with van der Waals surface area (Å²) in [7, 11) is 0. The number of hydrogen-bond donors (Lipinski definition) is 1. The minimum Gasteiger partial charge on any atom is -0.306 e. The van der Waals surface area contributed by atoms with Crippen molar-refractivity contribution in [2.75, 3.05) is 6.54 Å². The molecule has 0 fully saturated rings. The highest BCUT2D eigenvalue weighted by Crippen LogP contribution is 2.32. The molecule has 1 aromatic carbocycles. The highest BCUT2D eigenvalue weighted by molar-refractivity contribution is 7.10. The number of hydrogen-bond acceptors (Lipinski definition) is 2. The van der Waals surface area contributed by atoms with Crippen LogP contribution in [-0.2, 0) is 0 Å². The number of thiophene rings is 1. The van der Waals surface area contributed by atoms with E-state index in [4.69, 9.17) is 11.6 Å². The van der Waals surface area contributed by atoms with E-state index >= 15 is 0 Å². The molecule has 17 heavy (non-hydrogen) atoms. The first-order chi connectivity index (χ1) is 8.22. The maximum absolute atomic E-state index is 13.3. The lowest BCUT2D eigenvalue weighted by Gasteiger charge is -2.17. The van der Waals surface area contributed by atoms with Crippen LogP contribution in [0.3, 0.4) is 0 Å². The Bertz CT molecular complexity index is 498. The highest BCUT2D eigenvalue weighted by Gasteiger charge is 2.17. The van der Waals surface area contributed by atoms with Crippen LogP contribution in [0.2, 0.25) is 5.02 Å². The number of halogens is 2. The molecule has 1 unspecified atom stereocenters. The van der Waals surface area contributed by atoms with Gasteiger partial charge in [0.05, 0.1) is 11.1 Å². The molecule has 2 aromatic rings. The van der Waals surface area contributed by atoms with Crippen LogP contribution in [0.25, 0.3) is 0 Å². The van der Waals surface area contributed by atoms with E-state index in [1.54, 1.807) is 23.5 Å². The summed E-state index contributed by atoms with van der Waals surface area (Å²) < 4.78 is 13.3. The minimum atomic E-state index is -0.224. The van der Waals surface area contributed by atoms with Gasteiger partial charge in [-0.2, -0.15) is 0 Å². The van der Waals surface area contributed by atoms with Crippen molar-refractivity contribution in [1.29, 1.82) is 0 Å². The largest absolute Gasteiger partial charge is 0.306 e. The van der Waals surface area contributed by atoms with Gasteiger partial charge in [-0.3, -0.25) is 0 Å². The summed E-state index contributed by atoms with van der Waals surface area (Å²) in [6.45, 7) is 2.82. The van der Waals surface area contributed by atoms with E-state index < -0.39 is 0 Å². The molecule has 0 aliphatic heterocycles. The van der Waals surface area contributed by atoms with Gasteiger partial charge in [0.15, 0.2) is 0 Å². The van der Waals surface area contributed by atoms with Gasteiger partial charge in [0.1, 0.15) is 5.82 Å². The third-order valence-corrected chi connectivity index (χ3v) is 3.92. The van der Waals surface area contributed by atoms with Crippen LogP contribution >= 0.6 is 22.9 Å². The predicted octanol–water partition coefficient (Wildman–Crippen LogP) is 4.24. The van der Waals surface area contributed by atoms with E-state index in [1.165, 1.54) is 6.07 Å². The molecule has 4 heteroatoms. The van der Waals surface area contributed by atoms with E-state index in [-0.39, 0.29) is 11.9 Å². The lowest BCUT2D eigenvalue weighted by atomic mass is 10.1. The second kappa shape index (κ2) is 5.63. The summed E-state index contributed by atoms with van der Waals surface area (Å²) in [4.78, 5) is 1.03. The standard InChI is InChI=1S/C13H13ClFNS/c1-2-16-12(13-11(14)6-7-17-13)9-4-3-5-10(15)8-9/h3-8,12,16H,2H2,1H3. The van der Waals surface area contributed by atoms with Gasteiger partial charge in [0, 0.05) is 4.88 Å². The van der Waals surface area contributed by atoms with Gasteiger partial charge in [-0.1, -0.05) is 30.7 Å². The van der Waals surface area contributed by atoms with Crippen LogP contribution in [0, 0.1) is 5.82 Å². The van der Waals surface area contributed by atoms with Crippen molar-refractivity contribution >= 4 is 22.9 Å². The van der Waals surface area contributed by atoms with E-state index in [0.29, 0.717) is 0 Å². The van der Waals surface area contributed by atoms with Gasteiger partial charge < -0.3 is 5.32 Å². The quantitative estimate of drug-likeness (QED) is 0.875. The van der Waals surface area contributed by atoms with Crippen LogP contribution < -0.4 is 5.32 Å². The molecule has 0 saturated carbocycles. The van der Waals surface area contributed by atoms with Crippen molar-refractivity contribution in [2.24, 2.45) is 0 Å². The molecular formula is C13H13ClFNS. The van der Waals surface area contributed by atoms with Crippen molar-refractivity contribution in [1.82, 2.24) is 5.32 Å². The molecular weight excluding hydrogens is 257 g/mol.